The minimum Gasteiger partial charge on any atom is -0.427 e. The van der Waals surface area contributed by atoms with Crippen LogP contribution in [-0.4, -0.2) is 18.4 Å². The second-order valence-electron chi connectivity index (χ2n) is 5.31. The molecular formula is C18H17NO3. The van der Waals surface area contributed by atoms with Gasteiger partial charge in [-0.05, 0) is 48.7 Å². The number of fused-ring (bicyclic) bond motifs is 1. The number of aryl methyl sites for hydroxylation is 1. The minimum atomic E-state index is -0.340. The Bertz CT molecular complexity index is 710. The number of benzene rings is 2. The van der Waals surface area contributed by atoms with E-state index in [0.29, 0.717) is 17.9 Å². The van der Waals surface area contributed by atoms with Crippen molar-refractivity contribution in [2.45, 2.75) is 19.8 Å². The lowest BCUT2D eigenvalue weighted by atomic mass is 10.0. The van der Waals surface area contributed by atoms with E-state index in [9.17, 15) is 9.59 Å². The molecule has 2 aromatic carbocycles. The van der Waals surface area contributed by atoms with E-state index < -0.39 is 0 Å². The second kappa shape index (κ2) is 6.02. The number of hydrogen-bond donors (Lipinski definition) is 0. The zero-order valence-corrected chi connectivity index (χ0v) is 12.4. The van der Waals surface area contributed by atoms with Crippen molar-refractivity contribution in [2.24, 2.45) is 0 Å². The van der Waals surface area contributed by atoms with Gasteiger partial charge < -0.3 is 9.64 Å². The van der Waals surface area contributed by atoms with E-state index in [1.54, 1.807) is 11.0 Å². The van der Waals surface area contributed by atoms with E-state index in [4.69, 9.17) is 4.74 Å². The van der Waals surface area contributed by atoms with Crippen molar-refractivity contribution in [2.75, 3.05) is 11.4 Å². The molecule has 0 atom stereocenters. The Morgan fingerprint density at radius 3 is 2.59 bits per heavy atom. The van der Waals surface area contributed by atoms with Crippen LogP contribution in [0.5, 0.6) is 5.75 Å². The molecule has 0 spiro atoms. The van der Waals surface area contributed by atoms with Crippen molar-refractivity contribution in [3.05, 3.63) is 59.7 Å². The van der Waals surface area contributed by atoms with Gasteiger partial charge in [-0.15, -0.1) is 0 Å². The minimum absolute atomic E-state index is 0.00165. The van der Waals surface area contributed by atoms with Gasteiger partial charge in [-0.25, -0.2) is 0 Å². The highest BCUT2D eigenvalue weighted by Crippen LogP contribution is 2.31. The first kappa shape index (κ1) is 14.3. The van der Waals surface area contributed by atoms with Crippen molar-refractivity contribution in [1.29, 1.82) is 0 Å². The summed E-state index contributed by atoms with van der Waals surface area (Å²) in [5.74, 6) is 0.190. The molecule has 0 saturated carbocycles. The molecule has 0 saturated heterocycles. The molecule has 3 rings (SSSR count). The van der Waals surface area contributed by atoms with Gasteiger partial charge >= 0.3 is 5.97 Å². The Morgan fingerprint density at radius 1 is 1.09 bits per heavy atom. The summed E-state index contributed by atoms with van der Waals surface area (Å²) in [4.78, 5) is 25.5. The topological polar surface area (TPSA) is 46.6 Å². The van der Waals surface area contributed by atoms with Gasteiger partial charge in [0.1, 0.15) is 5.75 Å². The predicted molar refractivity (Wildman–Crippen MR) is 84.2 cm³/mol. The number of hydrogen-bond acceptors (Lipinski definition) is 3. The van der Waals surface area contributed by atoms with Gasteiger partial charge in [0.15, 0.2) is 0 Å². The Balaban J connectivity index is 1.91. The third kappa shape index (κ3) is 2.86. The predicted octanol–water partition coefficient (Wildman–Crippen LogP) is 3.20. The summed E-state index contributed by atoms with van der Waals surface area (Å²) in [6, 6.07) is 14.7. The lowest BCUT2D eigenvalue weighted by Crippen LogP contribution is -2.35. The summed E-state index contributed by atoms with van der Waals surface area (Å²) in [7, 11) is 0. The fraction of sp³-hybridized carbons (Fsp3) is 0.222. The first-order valence-electron chi connectivity index (χ1n) is 7.33. The lowest BCUT2D eigenvalue weighted by Gasteiger charge is -2.29. The van der Waals surface area contributed by atoms with Crippen LogP contribution in [0.3, 0.4) is 0 Å². The third-order valence-electron chi connectivity index (χ3n) is 3.70. The molecule has 1 aliphatic heterocycles. The monoisotopic (exact) mass is 295 g/mol. The summed E-state index contributed by atoms with van der Waals surface area (Å²) in [5, 5.41) is 0. The molecule has 4 nitrogen and oxygen atoms in total. The average molecular weight is 295 g/mol. The molecule has 0 aromatic heterocycles. The summed E-state index contributed by atoms with van der Waals surface area (Å²) < 4.78 is 5.12. The molecule has 1 aliphatic rings. The quantitative estimate of drug-likeness (QED) is 0.631. The lowest BCUT2D eigenvalue weighted by molar-refractivity contribution is -0.131. The van der Waals surface area contributed by atoms with Crippen LogP contribution in [0.25, 0.3) is 0 Å². The Labute approximate surface area is 129 Å². The van der Waals surface area contributed by atoms with Crippen LogP contribution in [-0.2, 0) is 11.2 Å². The first-order valence-corrected chi connectivity index (χ1v) is 7.33. The van der Waals surface area contributed by atoms with E-state index in [2.05, 4.69) is 0 Å². The van der Waals surface area contributed by atoms with Crippen LogP contribution in [0.4, 0.5) is 5.69 Å². The average Bonchev–Trinajstić information content (AvgIpc) is 2.53. The van der Waals surface area contributed by atoms with E-state index >= 15 is 0 Å². The van der Waals surface area contributed by atoms with Crippen molar-refractivity contribution in [1.82, 2.24) is 0 Å². The Morgan fingerprint density at radius 2 is 1.86 bits per heavy atom. The number of carbonyl (C=O) groups is 2. The molecule has 0 N–H and O–H groups in total. The number of ether oxygens (including phenoxy) is 1. The van der Waals surface area contributed by atoms with Crippen LogP contribution in [0.15, 0.2) is 48.5 Å². The molecule has 112 valence electrons. The van der Waals surface area contributed by atoms with E-state index in [1.165, 1.54) is 6.92 Å². The molecule has 0 radical (unpaired) electrons. The maximum Gasteiger partial charge on any atom is 0.308 e. The van der Waals surface area contributed by atoms with Crippen molar-refractivity contribution < 1.29 is 14.3 Å². The number of carbonyl (C=O) groups excluding carboxylic acids is 2. The highest BCUT2D eigenvalue weighted by Gasteiger charge is 2.23. The number of rotatable bonds is 2. The fourth-order valence-electron chi connectivity index (χ4n) is 2.75. The van der Waals surface area contributed by atoms with E-state index in [0.717, 1.165) is 24.1 Å². The summed E-state index contributed by atoms with van der Waals surface area (Å²) in [5.41, 5.74) is 2.62. The van der Waals surface area contributed by atoms with Gasteiger partial charge in [0.2, 0.25) is 0 Å². The van der Waals surface area contributed by atoms with Crippen molar-refractivity contribution in [3.63, 3.8) is 0 Å². The van der Waals surface area contributed by atoms with Gasteiger partial charge in [-0.2, -0.15) is 0 Å². The second-order valence-corrected chi connectivity index (χ2v) is 5.31. The van der Waals surface area contributed by atoms with Gasteiger partial charge in [-0.3, -0.25) is 9.59 Å². The van der Waals surface area contributed by atoms with Crippen LogP contribution < -0.4 is 9.64 Å². The maximum atomic E-state index is 12.7. The zero-order chi connectivity index (χ0) is 15.5. The molecular weight excluding hydrogens is 278 g/mol. The van der Waals surface area contributed by atoms with Gasteiger partial charge in [-0.1, -0.05) is 18.2 Å². The van der Waals surface area contributed by atoms with Gasteiger partial charge in [0.25, 0.3) is 5.91 Å². The van der Waals surface area contributed by atoms with Crippen LogP contribution in [0, 0.1) is 0 Å². The van der Waals surface area contributed by atoms with E-state index in [-0.39, 0.29) is 11.9 Å². The Kier molecular flexibility index (Phi) is 3.92. The molecule has 4 heteroatoms. The highest BCUT2D eigenvalue weighted by atomic mass is 16.5. The molecule has 0 bridgehead atoms. The standard InChI is InChI=1S/C18H17NO3/c1-13(20)22-16-9-10-17-15(12-16)8-5-11-19(17)18(21)14-6-3-2-4-7-14/h2-4,6-7,9-10,12H,5,8,11H2,1H3. The van der Waals surface area contributed by atoms with Gasteiger partial charge in [0.05, 0.1) is 0 Å². The van der Waals surface area contributed by atoms with Crippen LogP contribution in [0.1, 0.15) is 29.3 Å². The van der Waals surface area contributed by atoms with Crippen molar-refractivity contribution >= 4 is 17.6 Å². The molecule has 1 heterocycles. The maximum absolute atomic E-state index is 12.7. The highest BCUT2D eigenvalue weighted by molar-refractivity contribution is 6.06. The Hall–Kier alpha value is -2.62. The SMILES string of the molecule is CC(=O)Oc1ccc2c(c1)CCCN2C(=O)c1ccccc1. The number of anilines is 1. The fourth-order valence-corrected chi connectivity index (χ4v) is 2.75. The van der Waals surface area contributed by atoms with Crippen molar-refractivity contribution in [3.8, 4) is 5.75 Å². The van der Waals surface area contributed by atoms with Crippen LogP contribution in [0.2, 0.25) is 0 Å². The summed E-state index contributed by atoms with van der Waals surface area (Å²) >= 11 is 0. The summed E-state index contributed by atoms with van der Waals surface area (Å²) in [6.45, 7) is 2.08. The number of amides is 1. The van der Waals surface area contributed by atoms with Crippen LogP contribution >= 0.6 is 0 Å². The van der Waals surface area contributed by atoms with Gasteiger partial charge in [0, 0.05) is 24.7 Å². The first-order chi connectivity index (χ1) is 10.6. The molecule has 0 fully saturated rings. The normalized spacial score (nSPS) is 13.4. The third-order valence-corrected chi connectivity index (χ3v) is 3.70. The zero-order valence-electron chi connectivity index (χ0n) is 12.4. The number of nitrogens with zero attached hydrogens (tertiary/aromatic N) is 1. The molecule has 0 aliphatic carbocycles. The molecule has 22 heavy (non-hydrogen) atoms. The smallest absolute Gasteiger partial charge is 0.308 e. The molecule has 0 unspecified atom stereocenters. The molecule has 1 amide bonds. The van der Waals surface area contributed by atoms with E-state index in [1.807, 2.05) is 42.5 Å². The molecule has 2 aromatic rings. The summed E-state index contributed by atoms with van der Waals surface area (Å²) in [6.07, 6.45) is 1.78. The number of esters is 1. The largest absolute Gasteiger partial charge is 0.427 e.